The van der Waals surface area contributed by atoms with Crippen molar-refractivity contribution in [3.8, 4) is 0 Å². The molecule has 1 aromatic rings. The van der Waals surface area contributed by atoms with Gasteiger partial charge in [0.05, 0.1) is 0 Å². The van der Waals surface area contributed by atoms with Gasteiger partial charge in [-0.05, 0) is 30.0 Å². The highest BCUT2D eigenvalue weighted by Gasteiger charge is 1.91. The van der Waals surface area contributed by atoms with Crippen LogP contribution >= 0.6 is 11.3 Å². The number of carboxylic acids is 1. The first kappa shape index (κ1) is 8.01. The summed E-state index contributed by atoms with van der Waals surface area (Å²) in [6.45, 7) is 1.99. The maximum atomic E-state index is 10.1. The summed E-state index contributed by atoms with van der Waals surface area (Å²) in [7, 11) is 0. The molecule has 0 amide bonds. The molecule has 0 bridgehead atoms. The van der Waals surface area contributed by atoms with Crippen LogP contribution in [-0.4, -0.2) is 11.1 Å². The number of aliphatic carboxylic acids is 1. The fourth-order valence-electron chi connectivity index (χ4n) is 0.719. The molecule has 0 spiro atoms. The van der Waals surface area contributed by atoms with Gasteiger partial charge in [-0.3, -0.25) is 0 Å². The Kier molecular flexibility index (Phi) is 2.44. The predicted molar refractivity (Wildman–Crippen MR) is 45.7 cm³/mol. The highest BCUT2D eigenvalue weighted by atomic mass is 32.1. The Labute approximate surface area is 68.8 Å². The van der Waals surface area contributed by atoms with Crippen molar-refractivity contribution in [1.82, 2.24) is 0 Å². The molecule has 1 aromatic heterocycles. The van der Waals surface area contributed by atoms with E-state index in [0.29, 0.717) is 0 Å². The lowest BCUT2D eigenvalue weighted by molar-refractivity contribution is -0.131. The predicted octanol–water partition coefficient (Wildman–Crippen LogP) is 2.15. The van der Waals surface area contributed by atoms with E-state index in [0.717, 1.165) is 11.6 Å². The Morgan fingerprint density at radius 3 is 2.91 bits per heavy atom. The van der Waals surface area contributed by atoms with Crippen molar-refractivity contribution in [2.45, 2.75) is 6.92 Å². The van der Waals surface area contributed by atoms with Crippen LogP contribution in [0.5, 0.6) is 0 Å². The van der Waals surface area contributed by atoms with Crippen LogP contribution in [0.25, 0.3) is 6.08 Å². The molecule has 1 N–H and O–H groups in total. The van der Waals surface area contributed by atoms with Crippen LogP contribution < -0.4 is 0 Å². The first-order valence-electron chi connectivity index (χ1n) is 3.14. The van der Waals surface area contributed by atoms with Gasteiger partial charge in [0.1, 0.15) is 0 Å². The molecule has 0 aliphatic carbocycles. The van der Waals surface area contributed by atoms with E-state index < -0.39 is 5.97 Å². The smallest absolute Gasteiger partial charge is 0.328 e. The van der Waals surface area contributed by atoms with Crippen molar-refractivity contribution in [3.05, 3.63) is 28.0 Å². The average Bonchev–Trinajstić information content (AvgIpc) is 2.31. The Balaban J connectivity index is 2.71. The van der Waals surface area contributed by atoms with Crippen LogP contribution in [0.1, 0.15) is 10.4 Å². The molecule has 0 saturated heterocycles. The molecule has 0 atom stereocenters. The molecular formula is C8H8O2S. The summed E-state index contributed by atoms with van der Waals surface area (Å²) >= 11 is 1.61. The van der Waals surface area contributed by atoms with E-state index in [1.54, 1.807) is 17.4 Å². The number of thiophene rings is 1. The summed E-state index contributed by atoms with van der Waals surface area (Å²) in [4.78, 5) is 11.3. The molecule has 1 heterocycles. The lowest BCUT2D eigenvalue weighted by Gasteiger charge is -1.79. The lowest BCUT2D eigenvalue weighted by Crippen LogP contribution is -1.84. The standard InChI is InChI=1S/C8H8O2S/c1-6-4-7(5-11-6)2-3-8(9)10/h2-5H,1H3,(H,9,10)/b3-2+. The number of carbonyl (C=O) groups is 1. The fraction of sp³-hybridized carbons (Fsp3) is 0.125. The number of carboxylic acid groups (broad SMARTS) is 1. The van der Waals surface area contributed by atoms with Gasteiger partial charge in [-0.2, -0.15) is 0 Å². The molecule has 0 saturated carbocycles. The van der Waals surface area contributed by atoms with E-state index in [1.807, 2.05) is 18.4 Å². The quantitative estimate of drug-likeness (QED) is 0.687. The van der Waals surface area contributed by atoms with E-state index in [-0.39, 0.29) is 0 Å². The van der Waals surface area contributed by atoms with Crippen LogP contribution in [0, 0.1) is 6.92 Å². The van der Waals surface area contributed by atoms with Gasteiger partial charge < -0.3 is 5.11 Å². The topological polar surface area (TPSA) is 37.3 Å². The largest absolute Gasteiger partial charge is 0.478 e. The summed E-state index contributed by atoms with van der Waals surface area (Å²) in [5.74, 6) is -0.908. The van der Waals surface area contributed by atoms with Crippen molar-refractivity contribution in [2.24, 2.45) is 0 Å². The average molecular weight is 168 g/mol. The van der Waals surface area contributed by atoms with Crippen molar-refractivity contribution in [1.29, 1.82) is 0 Å². The molecule has 0 aliphatic rings. The zero-order chi connectivity index (χ0) is 8.27. The van der Waals surface area contributed by atoms with Crippen molar-refractivity contribution in [2.75, 3.05) is 0 Å². The minimum atomic E-state index is -0.908. The number of hydrogen-bond donors (Lipinski definition) is 1. The zero-order valence-corrected chi connectivity index (χ0v) is 6.89. The minimum Gasteiger partial charge on any atom is -0.478 e. The molecule has 0 aliphatic heterocycles. The van der Waals surface area contributed by atoms with Crippen molar-refractivity contribution in [3.63, 3.8) is 0 Å². The highest BCUT2D eigenvalue weighted by Crippen LogP contribution is 2.13. The van der Waals surface area contributed by atoms with E-state index in [1.165, 1.54) is 4.88 Å². The van der Waals surface area contributed by atoms with Gasteiger partial charge in [-0.1, -0.05) is 0 Å². The third-order valence-electron chi connectivity index (χ3n) is 1.17. The highest BCUT2D eigenvalue weighted by molar-refractivity contribution is 7.10. The lowest BCUT2D eigenvalue weighted by atomic mass is 10.3. The summed E-state index contributed by atoms with van der Waals surface area (Å²) in [5, 5.41) is 10.2. The van der Waals surface area contributed by atoms with E-state index in [2.05, 4.69) is 0 Å². The maximum absolute atomic E-state index is 10.1. The second-order valence-electron chi connectivity index (χ2n) is 2.16. The number of rotatable bonds is 2. The number of hydrogen-bond acceptors (Lipinski definition) is 2. The van der Waals surface area contributed by atoms with Crippen LogP contribution in [0.2, 0.25) is 0 Å². The van der Waals surface area contributed by atoms with Gasteiger partial charge in [0, 0.05) is 11.0 Å². The molecule has 2 nitrogen and oxygen atoms in total. The van der Waals surface area contributed by atoms with Crippen LogP contribution in [0.15, 0.2) is 17.5 Å². The minimum absolute atomic E-state index is 0.908. The Bertz CT molecular complexity index is 286. The van der Waals surface area contributed by atoms with Gasteiger partial charge in [0.25, 0.3) is 0 Å². The summed E-state index contributed by atoms with van der Waals surface area (Å²) in [6, 6.07) is 1.95. The molecule has 1 rings (SSSR count). The Morgan fingerprint density at radius 1 is 1.73 bits per heavy atom. The normalized spacial score (nSPS) is 10.6. The number of aryl methyl sites for hydroxylation is 1. The Hall–Kier alpha value is -1.09. The van der Waals surface area contributed by atoms with Gasteiger partial charge >= 0.3 is 5.97 Å². The monoisotopic (exact) mass is 168 g/mol. The molecule has 58 valence electrons. The van der Waals surface area contributed by atoms with Gasteiger partial charge in [-0.15, -0.1) is 11.3 Å². The van der Waals surface area contributed by atoms with Crippen molar-refractivity contribution < 1.29 is 9.90 Å². The second-order valence-corrected chi connectivity index (χ2v) is 3.28. The third-order valence-corrected chi connectivity index (χ3v) is 2.05. The Morgan fingerprint density at radius 2 is 2.45 bits per heavy atom. The van der Waals surface area contributed by atoms with Crippen LogP contribution in [-0.2, 0) is 4.79 Å². The third kappa shape index (κ3) is 2.55. The zero-order valence-electron chi connectivity index (χ0n) is 6.07. The molecule has 0 aromatic carbocycles. The first-order valence-corrected chi connectivity index (χ1v) is 4.02. The second kappa shape index (κ2) is 3.34. The molecule has 0 fully saturated rings. The van der Waals surface area contributed by atoms with E-state index >= 15 is 0 Å². The van der Waals surface area contributed by atoms with E-state index in [4.69, 9.17) is 5.11 Å². The van der Waals surface area contributed by atoms with Crippen molar-refractivity contribution >= 4 is 23.4 Å². The fourth-order valence-corrected chi connectivity index (χ4v) is 1.39. The molecular weight excluding hydrogens is 160 g/mol. The summed E-state index contributed by atoms with van der Waals surface area (Å²) in [6.07, 6.45) is 2.73. The molecule has 3 heteroatoms. The van der Waals surface area contributed by atoms with E-state index in [9.17, 15) is 4.79 Å². The van der Waals surface area contributed by atoms with Gasteiger partial charge in [0.2, 0.25) is 0 Å². The van der Waals surface area contributed by atoms with Gasteiger partial charge in [0.15, 0.2) is 0 Å². The van der Waals surface area contributed by atoms with Gasteiger partial charge in [-0.25, -0.2) is 4.79 Å². The molecule has 11 heavy (non-hydrogen) atoms. The van der Waals surface area contributed by atoms with Crippen LogP contribution in [0.4, 0.5) is 0 Å². The molecule has 0 unspecified atom stereocenters. The maximum Gasteiger partial charge on any atom is 0.328 e. The van der Waals surface area contributed by atoms with Crippen LogP contribution in [0.3, 0.4) is 0 Å². The SMILES string of the molecule is Cc1cc(/C=C/C(=O)O)cs1. The molecule has 0 radical (unpaired) electrons. The first-order chi connectivity index (χ1) is 5.18. The summed E-state index contributed by atoms with van der Waals surface area (Å²) < 4.78 is 0. The summed E-state index contributed by atoms with van der Waals surface area (Å²) in [5.41, 5.74) is 0.954.